The van der Waals surface area contributed by atoms with Gasteiger partial charge in [0.15, 0.2) is 0 Å². The number of halogens is 4. The van der Waals surface area contributed by atoms with Crippen LogP contribution < -0.4 is 4.74 Å². The highest BCUT2D eigenvalue weighted by Crippen LogP contribution is 2.54. The van der Waals surface area contributed by atoms with E-state index in [-0.39, 0.29) is 54.2 Å². The van der Waals surface area contributed by atoms with E-state index in [9.17, 15) is 20.1 Å². The number of ether oxygens (including phenoxy) is 1. The number of carbonyl (C=O) groups is 1. The highest BCUT2D eigenvalue weighted by molar-refractivity contribution is 6.53. The maximum absolute atomic E-state index is 12.1. The molecule has 0 saturated carbocycles. The van der Waals surface area contributed by atoms with Crippen LogP contribution in [-0.4, -0.2) is 21.3 Å². The summed E-state index contributed by atoms with van der Waals surface area (Å²) in [5.74, 6) is -1.67. The standard InChI is InChI=1S/C20H10Cl4O5/c21-16-14(15(20(27)28)17(22)19(24)18(16)23)13-9-3-1-7(25)5-11(9)29-12-6-8(26)2-4-10(12)13/h1-6,13,25-26H,(H,27,28). The molecule has 0 fully saturated rings. The molecule has 4 rings (SSSR count). The molecule has 3 N–H and O–H groups in total. The summed E-state index contributed by atoms with van der Waals surface area (Å²) in [4.78, 5) is 12.1. The van der Waals surface area contributed by atoms with E-state index in [2.05, 4.69) is 0 Å². The molecule has 3 aromatic rings. The second kappa shape index (κ2) is 7.18. The third-order valence-corrected chi connectivity index (χ3v) is 6.46. The quantitative estimate of drug-likeness (QED) is 0.224. The van der Waals surface area contributed by atoms with Crippen LogP contribution in [0.3, 0.4) is 0 Å². The van der Waals surface area contributed by atoms with Gasteiger partial charge in [-0.3, -0.25) is 0 Å². The summed E-state index contributed by atoms with van der Waals surface area (Å²) < 4.78 is 5.81. The predicted octanol–water partition coefficient (Wildman–Crippen LogP) is 6.70. The minimum absolute atomic E-state index is 0.0529. The smallest absolute Gasteiger partial charge is 0.337 e. The van der Waals surface area contributed by atoms with Crippen LogP contribution in [0.5, 0.6) is 23.0 Å². The lowest BCUT2D eigenvalue weighted by Gasteiger charge is -2.30. The Morgan fingerprint density at radius 1 is 0.793 bits per heavy atom. The van der Waals surface area contributed by atoms with Crippen LogP contribution in [0.2, 0.25) is 20.1 Å². The summed E-state index contributed by atoms with van der Waals surface area (Å²) in [6.45, 7) is 0. The van der Waals surface area contributed by atoms with Gasteiger partial charge >= 0.3 is 5.97 Å². The van der Waals surface area contributed by atoms with E-state index in [1.165, 1.54) is 24.3 Å². The monoisotopic (exact) mass is 470 g/mol. The average Bonchev–Trinajstić information content (AvgIpc) is 2.66. The molecule has 0 saturated heterocycles. The minimum atomic E-state index is -1.34. The number of hydrogen-bond donors (Lipinski definition) is 3. The van der Waals surface area contributed by atoms with Crippen molar-refractivity contribution in [2.45, 2.75) is 5.92 Å². The van der Waals surface area contributed by atoms with Crippen molar-refractivity contribution >= 4 is 52.4 Å². The number of hydrogen-bond acceptors (Lipinski definition) is 4. The van der Waals surface area contributed by atoms with Crippen LogP contribution in [-0.2, 0) is 0 Å². The van der Waals surface area contributed by atoms with E-state index in [1.807, 2.05) is 0 Å². The van der Waals surface area contributed by atoms with Gasteiger partial charge in [0.1, 0.15) is 23.0 Å². The number of aromatic hydroxyl groups is 2. The molecule has 1 aliphatic rings. The number of carboxylic acid groups (broad SMARTS) is 1. The van der Waals surface area contributed by atoms with Crippen LogP contribution in [0.1, 0.15) is 33.0 Å². The fraction of sp³-hybridized carbons (Fsp3) is 0.0500. The third kappa shape index (κ3) is 3.15. The zero-order valence-corrected chi connectivity index (χ0v) is 17.2. The second-order valence-electron chi connectivity index (χ2n) is 6.33. The molecule has 148 valence electrons. The van der Waals surface area contributed by atoms with E-state index in [0.29, 0.717) is 11.1 Å². The molecule has 1 aliphatic heterocycles. The summed E-state index contributed by atoms with van der Waals surface area (Å²) in [6.07, 6.45) is 0. The molecule has 1 heterocycles. The van der Waals surface area contributed by atoms with Crippen molar-refractivity contribution in [3.05, 3.63) is 78.7 Å². The van der Waals surface area contributed by atoms with Gasteiger partial charge in [-0.05, 0) is 12.1 Å². The number of phenols is 2. The summed E-state index contributed by atoms with van der Waals surface area (Å²) >= 11 is 25.0. The molecule has 0 bridgehead atoms. The number of carboxylic acids is 1. The van der Waals surface area contributed by atoms with E-state index in [4.69, 9.17) is 51.1 Å². The first-order valence-corrected chi connectivity index (χ1v) is 9.64. The summed E-state index contributed by atoms with van der Waals surface area (Å²) in [5, 5.41) is 29.0. The second-order valence-corrected chi connectivity index (χ2v) is 7.84. The highest BCUT2D eigenvalue weighted by Gasteiger charge is 2.36. The van der Waals surface area contributed by atoms with Crippen molar-refractivity contribution < 1.29 is 24.9 Å². The summed E-state index contributed by atoms with van der Waals surface area (Å²) in [7, 11) is 0. The van der Waals surface area contributed by atoms with Crippen LogP contribution in [0.15, 0.2) is 36.4 Å². The van der Waals surface area contributed by atoms with Crippen molar-refractivity contribution in [1.29, 1.82) is 0 Å². The normalized spacial score (nSPS) is 12.8. The zero-order chi connectivity index (χ0) is 21.0. The lowest BCUT2D eigenvalue weighted by atomic mass is 9.80. The van der Waals surface area contributed by atoms with Gasteiger partial charge in [-0.15, -0.1) is 0 Å². The van der Waals surface area contributed by atoms with Gasteiger partial charge in [-0.2, -0.15) is 0 Å². The number of rotatable bonds is 2. The summed E-state index contributed by atoms with van der Waals surface area (Å²) in [5.41, 5.74) is 0.886. The van der Waals surface area contributed by atoms with Crippen LogP contribution >= 0.6 is 46.4 Å². The Balaban J connectivity index is 2.13. The maximum Gasteiger partial charge on any atom is 0.337 e. The molecule has 0 spiro atoms. The lowest BCUT2D eigenvalue weighted by Crippen LogP contribution is -2.16. The van der Waals surface area contributed by atoms with Gasteiger partial charge < -0.3 is 20.1 Å². The molecule has 5 nitrogen and oxygen atoms in total. The largest absolute Gasteiger partial charge is 0.508 e. The van der Waals surface area contributed by atoms with Crippen molar-refractivity contribution in [3.8, 4) is 23.0 Å². The average molecular weight is 472 g/mol. The predicted molar refractivity (Wildman–Crippen MR) is 111 cm³/mol. The SMILES string of the molecule is O=C(O)c1c(Cl)c(Cl)c(Cl)c(Cl)c1C1c2ccc(O)cc2Oc2cc(O)ccc21. The van der Waals surface area contributed by atoms with Gasteiger partial charge in [0.25, 0.3) is 0 Å². The molecular weight excluding hydrogens is 462 g/mol. The van der Waals surface area contributed by atoms with Crippen molar-refractivity contribution in [2.24, 2.45) is 0 Å². The molecule has 0 aromatic heterocycles. The number of phenolic OH excluding ortho intramolecular Hbond substituents is 2. The molecule has 0 aliphatic carbocycles. The van der Waals surface area contributed by atoms with Crippen molar-refractivity contribution in [2.75, 3.05) is 0 Å². The van der Waals surface area contributed by atoms with E-state index >= 15 is 0 Å². The Hall–Kier alpha value is -2.31. The fourth-order valence-corrected chi connectivity index (χ4v) is 4.48. The van der Waals surface area contributed by atoms with Crippen LogP contribution in [0.4, 0.5) is 0 Å². The third-order valence-electron chi connectivity index (χ3n) is 4.64. The van der Waals surface area contributed by atoms with Gasteiger partial charge in [0.05, 0.1) is 25.7 Å². The van der Waals surface area contributed by atoms with Crippen LogP contribution in [0.25, 0.3) is 0 Å². The van der Waals surface area contributed by atoms with Gasteiger partial charge in [-0.25, -0.2) is 4.79 Å². The number of aromatic carboxylic acids is 1. The molecule has 0 atom stereocenters. The van der Waals surface area contributed by atoms with Gasteiger partial charge in [0.2, 0.25) is 0 Å². The Kier molecular flexibility index (Phi) is 4.95. The highest BCUT2D eigenvalue weighted by atomic mass is 35.5. The van der Waals surface area contributed by atoms with Crippen molar-refractivity contribution in [3.63, 3.8) is 0 Å². The summed E-state index contributed by atoms with van der Waals surface area (Å²) in [6, 6.07) is 8.81. The molecular formula is C20H10Cl4O5. The van der Waals surface area contributed by atoms with Crippen molar-refractivity contribution in [1.82, 2.24) is 0 Å². The molecule has 0 unspecified atom stereocenters. The molecule has 9 heteroatoms. The lowest BCUT2D eigenvalue weighted by molar-refractivity contribution is 0.0695. The first-order chi connectivity index (χ1) is 13.7. The number of fused-ring (bicyclic) bond motifs is 2. The fourth-order valence-electron chi connectivity index (χ4n) is 3.43. The molecule has 29 heavy (non-hydrogen) atoms. The maximum atomic E-state index is 12.1. The first kappa shape index (κ1) is 20.0. The Bertz CT molecular complexity index is 1140. The Labute approximate surface area is 184 Å². The minimum Gasteiger partial charge on any atom is -0.508 e. The van der Waals surface area contributed by atoms with E-state index in [1.54, 1.807) is 12.1 Å². The van der Waals surface area contributed by atoms with Gasteiger partial charge in [-0.1, -0.05) is 58.5 Å². The Morgan fingerprint density at radius 2 is 1.28 bits per heavy atom. The number of benzene rings is 3. The molecule has 3 aromatic carbocycles. The van der Waals surface area contributed by atoms with E-state index < -0.39 is 11.9 Å². The van der Waals surface area contributed by atoms with E-state index in [0.717, 1.165) is 0 Å². The molecule has 0 radical (unpaired) electrons. The molecule has 0 amide bonds. The topological polar surface area (TPSA) is 87.0 Å². The van der Waals surface area contributed by atoms with Gasteiger partial charge in [0, 0.05) is 34.7 Å². The Morgan fingerprint density at radius 3 is 1.76 bits per heavy atom. The first-order valence-electron chi connectivity index (χ1n) is 8.13. The zero-order valence-electron chi connectivity index (χ0n) is 14.2. The van der Waals surface area contributed by atoms with Crippen LogP contribution in [0, 0.1) is 0 Å².